The maximum atomic E-state index is 13.6. The molecule has 2 fully saturated rings. The SMILES string of the molecule is C/N=C/C1(C2CCCC2)CCN(c2ccnc(NC(=O)Cc3cccc4ccccc34)c2)C1=O. The highest BCUT2D eigenvalue weighted by Gasteiger charge is 2.51. The van der Waals surface area contributed by atoms with Gasteiger partial charge < -0.3 is 10.2 Å². The number of pyridine rings is 1. The number of benzene rings is 2. The Balaban J connectivity index is 1.33. The van der Waals surface area contributed by atoms with E-state index in [0.717, 1.165) is 41.3 Å². The van der Waals surface area contributed by atoms with Crippen LogP contribution in [0.3, 0.4) is 0 Å². The van der Waals surface area contributed by atoms with E-state index in [1.54, 1.807) is 19.3 Å². The molecule has 1 aliphatic carbocycles. The zero-order valence-corrected chi connectivity index (χ0v) is 19.5. The summed E-state index contributed by atoms with van der Waals surface area (Å²) in [7, 11) is 1.75. The molecule has 34 heavy (non-hydrogen) atoms. The van der Waals surface area contributed by atoms with Crippen LogP contribution in [0.4, 0.5) is 11.5 Å². The molecule has 2 aromatic carbocycles. The number of nitrogens with zero attached hydrogens (tertiary/aromatic N) is 3. The van der Waals surface area contributed by atoms with E-state index in [2.05, 4.69) is 15.3 Å². The smallest absolute Gasteiger partial charge is 0.238 e. The molecule has 0 radical (unpaired) electrons. The first-order valence-corrected chi connectivity index (χ1v) is 12.1. The molecule has 5 rings (SSSR count). The van der Waals surface area contributed by atoms with E-state index in [-0.39, 0.29) is 18.2 Å². The van der Waals surface area contributed by atoms with Crippen LogP contribution in [-0.2, 0) is 16.0 Å². The second kappa shape index (κ2) is 9.37. The van der Waals surface area contributed by atoms with Crippen molar-refractivity contribution < 1.29 is 9.59 Å². The lowest BCUT2D eigenvalue weighted by atomic mass is 9.74. The molecule has 174 valence electrons. The first-order valence-electron chi connectivity index (χ1n) is 12.1. The van der Waals surface area contributed by atoms with E-state index in [9.17, 15) is 9.59 Å². The van der Waals surface area contributed by atoms with E-state index < -0.39 is 5.41 Å². The Labute approximate surface area is 200 Å². The predicted molar refractivity (Wildman–Crippen MR) is 136 cm³/mol. The Kier molecular flexibility index (Phi) is 6.14. The van der Waals surface area contributed by atoms with Crippen LogP contribution in [0.25, 0.3) is 10.8 Å². The van der Waals surface area contributed by atoms with Gasteiger partial charge in [-0.05, 0) is 47.6 Å². The van der Waals surface area contributed by atoms with E-state index in [0.29, 0.717) is 18.3 Å². The number of hydrogen-bond acceptors (Lipinski definition) is 4. The summed E-state index contributed by atoms with van der Waals surface area (Å²) in [4.78, 5) is 36.9. The van der Waals surface area contributed by atoms with Crippen LogP contribution in [0.5, 0.6) is 0 Å². The molecule has 2 amide bonds. The minimum atomic E-state index is -0.508. The van der Waals surface area contributed by atoms with Crippen LogP contribution in [0.15, 0.2) is 65.8 Å². The molecule has 1 saturated heterocycles. The minimum Gasteiger partial charge on any atom is -0.311 e. The number of aliphatic imine (C=N–C) groups is 1. The topological polar surface area (TPSA) is 74.7 Å². The molecule has 6 nitrogen and oxygen atoms in total. The standard InChI is InChI=1S/C28H30N4O2/c1-29-19-28(22-10-3-4-11-22)14-16-32(27(28)34)23-13-15-30-25(18-23)31-26(33)17-21-9-6-8-20-7-2-5-12-24(20)21/h2,5-9,12-13,15,18-19,22H,3-4,10-11,14,16-17H2,1H3,(H,30,31,33)/b29-19+. The molecule has 1 N–H and O–H groups in total. The van der Waals surface area contributed by atoms with Crippen LogP contribution >= 0.6 is 0 Å². The fourth-order valence-electron chi connectivity index (χ4n) is 5.74. The fraction of sp³-hybridized carbons (Fsp3) is 0.357. The second-order valence-electron chi connectivity index (χ2n) is 9.38. The van der Waals surface area contributed by atoms with Crippen LogP contribution < -0.4 is 10.2 Å². The third-order valence-corrected chi connectivity index (χ3v) is 7.39. The van der Waals surface area contributed by atoms with Crippen LogP contribution in [0.1, 0.15) is 37.7 Å². The lowest BCUT2D eigenvalue weighted by Gasteiger charge is -2.30. The summed E-state index contributed by atoms with van der Waals surface area (Å²) in [6.45, 7) is 0.648. The summed E-state index contributed by atoms with van der Waals surface area (Å²) in [6.07, 6.45) is 9.10. The fourth-order valence-corrected chi connectivity index (χ4v) is 5.74. The first kappa shape index (κ1) is 22.3. The van der Waals surface area contributed by atoms with Crippen LogP contribution in [0, 0.1) is 11.3 Å². The number of aromatic nitrogens is 1. The zero-order chi connectivity index (χ0) is 23.5. The Morgan fingerprint density at radius 3 is 2.79 bits per heavy atom. The number of carbonyl (C=O) groups is 2. The van der Waals surface area contributed by atoms with Gasteiger partial charge in [0.15, 0.2) is 0 Å². The molecule has 1 aliphatic heterocycles. The normalized spacial score (nSPS) is 21.1. The Bertz CT molecular complexity index is 1240. The molecule has 6 heteroatoms. The molecule has 2 aliphatic rings. The molecule has 0 bridgehead atoms. The van der Waals surface area contributed by atoms with Gasteiger partial charge in [-0.15, -0.1) is 0 Å². The van der Waals surface area contributed by atoms with E-state index in [1.807, 2.05) is 59.6 Å². The van der Waals surface area contributed by atoms with Gasteiger partial charge in [0.1, 0.15) is 5.82 Å². The van der Waals surface area contributed by atoms with Gasteiger partial charge in [0.2, 0.25) is 11.8 Å². The van der Waals surface area contributed by atoms with Gasteiger partial charge in [0, 0.05) is 37.8 Å². The summed E-state index contributed by atoms with van der Waals surface area (Å²) in [5, 5.41) is 5.11. The van der Waals surface area contributed by atoms with Crippen LogP contribution in [0.2, 0.25) is 0 Å². The monoisotopic (exact) mass is 454 g/mol. The van der Waals surface area contributed by atoms with Gasteiger partial charge in [-0.1, -0.05) is 55.3 Å². The first-order chi connectivity index (χ1) is 16.6. The average molecular weight is 455 g/mol. The van der Waals surface area contributed by atoms with Gasteiger partial charge in [0.05, 0.1) is 11.8 Å². The molecule has 1 atom stereocenters. The molecule has 1 saturated carbocycles. The average Bonchev–Trinajstić information content (AvgIpc) is 3.49. The van der Waals surface area contributed by atoms with Crippen molar-refractivity contribution in [1.29, 1.82) is 0 Å². The Hall–Kier alpha value is -3.54. The highest BCUT2D eigenvalue weighted by Crippen LogP contribution is 2.46. The zero-order valence-electron chi connectivity index (χ0n) is 19.5. The van der Waals surface area contributed by atoms with Crippen molar-refractivity contribution >= 4 is 40.3 Å². The lowest BCUT2D eigenvalue weighted by molar-refractivity contribution is -0.124. The third kappa shape index (κ3) is 4.09. The third-order valence-electron chi connectivity index (χ3n) is 7.39. The summed E-state index contributed by atoms with van der Waals surface area (Å²) >= 11 is 0. The lowest BCUT2D eigenvalue weighted by Crippen LogP contribution is -2.40. The highest BCUT2D eigenvalue weighted by atomic mass is 16.2. The van der Waals surface area contributed by atoms with Gasteiger partial charge in [-0.3, -0.25) is 14.6 Å². The number of amides is 2. The summed E-state index contributed by atoms with van der Waals surface area (Å²) in [5.74, 6) is 0.796. The molecule has 0 spiro atoms. The number of nitrogens with one attached hydrogen (secondary N) is 1. The van der Waals surface area contributed by atoms with Gasteiger partial charge in [-0.2, -0.15) is 0 Å². The summed E-state index contributed by atoms with van der Waals surface area (Å²) < 4.78 is 0. The van der Waals surface area contributed by atoms with E-state index >= 15 is 0 Å². The highest BCUT2D eigenvalue weighted by molar-refractivity contribution is 6.10. The second-order valence-corrected chi connectivity index (χ2v) is 9.38. The van der Waals surface area contributed by atoms with Gasteiger partial charge in [-0.25, -0.2) is 4.98 Å². The number of carbonyl (C=O) groups excluding carboxylic acids is 2. The molecular weight excluding hydrogens is 424 g/mol. The maximum absolute atomic E-state index is 13.6. The molecule has 2 heterocycles. The largest absolute Gasteiger partial charge is 0.311 e. The number of rotatable bonds is 6. The van der Waals surface area contributed by atoms with Gasteiger partial charge in [0.25, 0.3) is 0 Å². The van der Waals surface area contributed by atoms with Crippen molar-refractivity contribution in [2.75, 3.05) is 23.8 Å². The summed E-state index contributed by atoms with van der Waals surface area (Å²) in [6, 6.07) is 17.7. The van der Waals surface area contributed by atoms with Gasteiger partial charge >= 0.3 is 0 Å². The Morgan fingerprint density at radius 1 is 1.18 bits per heavy atom. The van der Waals surface area contributed by atoms with Crippen molar-refractivity contribution in [2.24, 2.45) is 16.3 Å². The molecule has 3 aromatic rings. The number of fused-ring (bicyclic) bond motifs is 1. The van der Waals surface area contributed by atoms with E-state index in [4.69, 9.17) is 0 Å². The van der Waals surface area contributed by atoms with Crippen molar-refractivity contribution in [3.8, 4) is 0 Å². The quantitative estimate of drug-likeness (QED) is 0.531. The van der Waals surface area contributed by atoms with Crippen molar-refractivity contribution in [2.45, 2.75) is 38.5 Å². The summed E-state index contributed by atoms with van der Waals surface area (Å²) in [5.41, 5.74) is 1.23. The van der Waals surface area contributed by atoms with Crippen LogP contribution in [-0.4, -0.2) is 36.6 Å². The number of anilines is 2. The van der Waals surface area contributed by atoms with Crippen molar-refractivity contribution in [1.82, 2.24) is 4.98 Å². The molecule has 1 unspecified atom stereocenters. The van der Waals surface area contributed by atoms with E-state index in [1.165, 1.54) is 12.8 Å². The predicted octanol–water partition coefficient (Wildman–Crippen LogP) is 5.03. The van der Waals surface area contributed by atoms with Crippen molar-refractivity contribution in [3.05, 3.63) is 66.4 Å². The minimum absolute atomic E-state index is 0.115. The number of hydrogen-bond donors (Lipinski definition) is 1. The molecular formula is C28H30N4O2. The maximum Gasteiger partial charge on any atom is 0.238 e. The Morgan fingerprint density at radius 2 is 1.97 bits per heavy atom. The van der Waals surface area contributed by atoms with Crippen molar-refractivity contribution in [3.63, 3.8) is 0 Å². The molecule has 1 aromatic heterocycles.